The maximum absolute atomic E-state index is 13.3. The van der Waals surface area contributed by atoms with E-state index in [-0.39, 0.29) is 11.4 Å². The van der Waals surface area contributed by atoms with Gasteiger partial charge in [-0.1, -0.05) is 24.4 Å². The maximum atomic E-state index is 13.3. The van der Waals surface area contributed by atoms with Crippen LogP contribution in [-0.2, 0) is 10.0 Å². The van der Waals surface area contributed by atoms with E-state index in [4.69, 9.17) is 18.0 Å². The summed E-state index contributed by atoms with van der Waals surface area (Å²) in [5, 5.41) is 0. The van der Waals surface area contributed by atoms with E-state index in [1.807, 2.05) is 0 Å². The van der Waals surface area contributed by atoms with Gasteiger partial charge in [-0.3, -0.25) is 0 Å². The van der Waals surface area contributed by atoms with Crippen molar-refractivity contribution in [2.45, 2.75) is 24.2 Å². The van der Waals surface area contributed by atoms with Gasteiger partial charge in [0.05, 0.1) is 4.99 Å². The summed E-state index contributed by atoms with van der Waals surface area (Å²) in [5.74, 6) is -0.756. The molecule has 0 saturated heterocycles. The first kappa shape index (κ1) is 15.0. The molecule has 0 aliphatic rings. The molecule has 0 aliphatic carbocycles. The Hall–Kier alpha value is -1.05. The number of sulfonamides is 1. The van der Waals surface area contributed by atoms with Crippen molar-refractivity contribution in [3.63, 3.8) is 0 Å². The third-order valence-corrected chi connectivity index (χ3v) is 3.97. The van der Waals surface area contributed by atoms with Crippen LogP contribution in [-0.4, -0.2) is 20.0 Å². The third-order valence-electron chi connectivity index (χ3n) is 2.27. The zero-order valence-corrected chi connectivity index (χ0v) is 11.4. The Bertz CT molecular complexity index is 518. The van der Waals surface area contributed by atoms with Gasteiger partial charge in [0, 0.05) is 6.54 Å². The lowest BCUT2D eigenvalue weighted by molar-refractivity contribution is 0.554. The molecule has 7 heteroatoms. The van der Waals surface area contributed by atoms with E-state index in [1.165, 1.54) is 18.2 Å². The Kier molecular flexibility index (Phi) is 5.64. The van der Waals surface area contributed by atoms with Crippen molar-refractivity contribution in [1.29, 1.82) is 0 Å². The van der Waals surface area contributed by atoms with Crippen LogP contribution in [0.4, 0.5) is 4.39 Å². The van der Waals surface area contributed by atoms with Crippen LogP contribution in [0, 0.1) is 5.82 Å². The standard InChI is InChI=1S/C11H15FN2O2S2/c12-9-5-1-2-6-10(9)18(15,16)14-8-4-3-7-11(13)17/h1-2,5-6,14H,3-4,7-8H2,(H2,13,17). The molecular weight excluding hydrogens is 275 g/mol. The number of benzene rings is 1. The fourth-order valence-corrected chi connectivity index (χ4v) is 2.67. The quantitative estimate of drug-likeness (QED) is 0.590. The Labute approximate surface area is 111 Å². The first-order valence-electron chi connectivity index (χ1n) is 5.46. The average molecular weight is 290 g/mol. The number of rotatable bonds is 7. The summed E-state index contributed by atoms with van der Waals surface area (Å²) in [6.45, 7) is 0.235. The van der Waals surface area contributed by atoms with Crippen molar-refractivity contribution in [2.75, 3.05) is 6.54 Å². The van der Waals surface area contributed by atoms with Crippen molar-refractivity contribution in [1.82, 2.24) is 4.72 Å². The molecule has 18 heavy (non-hydrogen) atoms. The molecule has 0 amide bonds. The first-order chi connectivity index (χ1) is 8.43. The minimum Gasteiger partial charge on any atom is -0.393 e. The van der Waals surface area contributed by atoms with E-state index in [2.05, 4.69) is 4.72 Å². The van der Waals surface area contributed by atoms with Gasteiger partial charge in [0.15, 0.2) is 0 Å². The van der Waals surface area contributed by atoms with E-state index in [0.29, 0.717) is 24.3 Å². The molecule has 0 saturated carbocycles. The molecule has 0 aromatic heterocycles. The molecule has 1 aromatic carbocycles. The Morgan fingerprint density at radius 3 is 2.61 bits per heavy atom. The number of nitrogens with one attached hydrogen (secondary N) is 1. The van der Waals surface area contributed by atoms with Gasteiger partial charge in [0.2, 0.25) is 10.0 Å². The van der Waals surface area contributed by atoms with Crippen LogP contribution in [0.3, 0.4) is 0 Å². The van der Waals surface area contributed by atoms with Crippen molar-refractivity contribution < 1.29 is 12.8 Å². The van der Waals surface area contributed by atoms with Crippen LogP contribution in [0.15, 0.2) is 29.2 Å². The largest absolute Gasteiger partial charge is 0.393 e. The topological polar surface area (TPSA) is 72.2 Å². The molecule has 3 N–H and O–H groups in total. The van der Waals surface area contributed by atoms with E-state index in [1.54, 1.807) is 0 Å². The summed E-state index contributed by atoms with van der Waals surface area (Å²) in [6.07, 6.45) is 1.89. The SMILES string of the molecule is NC(=S)CCCCNS(=O)(=O)c1ccccc1F. The highest BCUT2D eigenvalue weighted by Crippen LogP contribution is 2.12. The summed E-state index contributed by atoms with van der Waals surface area (Å²) >= 11 is 4.70. The van der Waals surface area contributed by atoms with Crippen LogP contribution in [0.2, 0.25) is 0 Å². The van der Waals surface area contributed by atoms with Crippen LogP contribution in [0.25, 0.3) is 0 Å². The van der Waals surface area contributed by atoms with Crippen molar-refractivity contribution in [2.24, 2.45) is 5.73 Å². The van der Waals surface area contributed by atoms with E-state index in [0.717, 1.165) is 6.07 Å². The zero-order chi connectivity index (χ0) is 13.6. The normalized spacial score (nSPS) is 11.4. The number of hydrogen-bond donors (Lipinski definition) is 2. The number of nitrogens with two attached hydrogens (primary N) is 1. The van der Waals surface area contributed by atoms with Crippen molar-refractivity contribution in [3.8, 4) is 0 Å². The molecule has 0 bridgehead atoms. The highest BCUT2D eigenvalue weighted by atomic mass is 32.2. The molecule has 0 atom stereocenters. The molecule has 0 spiro atoms. The van der Waals surface area contributed by atoms with Gasteiger partial charge in [0.1, 0.15) is 10.7 Å². The van der Waals surface area contributed by atoms with E-state index in [9.17, 15) is 12.8 Å². The second-order valence-electron chi connectivity index (χ2n) is 3.75. The first-order valence-corrected chi connectivity index (χ1v) is 7.35. The van der Waals surface area contributed by atoms with Gasteiger partial charge in [0.25, 0.3) is 0 Å². The summed E-state index contributed by atoms with van der Waals surface area (Å²) in [5.41, 5.74) is 5.31. The van der Waals surface area contributed by atoms with Crippen LogP contribution in [0.1, 0.15) is 19.3 Å². The predicted molar refractivity (Wildman–Crippen MR) is 72.2 cm³/mol. The summed E-state index contributed by atoms with van der Waals surface area (Å²) < 4.78 is 39.1. The Morgan fingerprint density at radius 2 is 2.00 bits per heavy atom. The second-order valence-corrected chi connectivity index (χ2v) is 6.01. The Balaban J connectivity index is 2.51. The summed E-state index contributed by atoms with van der Waals surface area (Å²) in [7, 11) is -3.78. The van der Waals surface area contributed by atoms with Crippen LogP contribution >= 0.6 is 12.2 Å². The molecule has 1 aromatic rings. The molecule has 0 fully saturated rings. The fraction of sp³-hybridized carbons (Fsp3) is 0.364. The molecule has 0 aliphatic heterocycles. The van der Waals surface area contributed by atoms with Gasteiger partial charge >= 0.3 is 0 Å². The van der Waals surface area contributed by atoms with Gasteiger partial charge in [-0.05, 0) is 31.4 Å². The lowest BCUT2D eigenvalue weighted by Crippen LogP contribution is -2.25. The molecule has 100 valence electrons. The number of hydrogen-bond acceptors (Lipinski definition) is 3. The lowest BCUT2D eigenvalue weighted by atomic mass is 10.2. The Morgan fingerprint density at radius 1 is 1.33 bits per heavy atom. The molecule has 4 nitrogen and oxygen atoms in total. The van der Waals surface area contributed by atoms with Gasteiger partial charge in [-0.2, -0.15) is 0 Å². The lowest BCUT2D eigenvalue weighted by Gasteiger charge is -2.07. The average Bonchev–Trinajstić information content (AvgIpc) is 2.28. The molecule has 0 heterocycles. The molecular formula is C11H15FN2O2S2. The fourth-order valence-electron chi connectivity index (χ4n) is 1.37. The third kappa shape index (κ3) is 4.67. The van der Waals surface area contributed by atoms with Gasteiger partial charge in [-0.15, -0.1) is 0 Å². The summed E-state index contributed by atoms with van der Waals surface area (Å²) in [4.78, 5) is 0.0753. The van der Waals surface area contributed by atoms with Gasteiger partial charge in [-0.25, -0.2) is 17.5 Å². The van der Waals surface area contributed by atoms with Crippen molar-refractivity contribution >= 4 is 27.2 Å². The monoisotopic (exact) mass is 290 g/mol. The number of halogens is 1. The molecule has 0 radical (unpaired) electrons. The van der Waals surface area contributed by atoms with Crippen LogP contribution < -0.4 is 10.5 Å². The zero-order valence-electron chi connectivity index (χ0n) is 9.73. The highest BCUT2D eigenvalue weighted by Gasteiger charge is 2.17. The molecule has 0 unspecified atom stereocenters. The van der Waals surface area contributed by atoms with Crippen LogP contribution in [0.5, 0.6) is 0 Å². The smallest absolute Gasteiger partial charge is 0.243 e. The minimum atomic E-state index is -3.78. The van der Waals surface area contributed by atoms with E-state index < -0.39 is 15.8 Å². The minimum absolute atomic E-state index is 0.235. The number of unbranched alkanes of at least 4 members (excludes halogenated alkanes) is 1. The number of thiocarbonyl (C=S) groups is 1. The maximum Gasteiger partial charge on any atom is 0.243 e. The predicted octanol–water partition coefficient (Wildman–Crippen LogP) is 1.56. The molecule has 1 rings (SSSR count). The summed E-state index contributed by atoms with van der Waals surface area (Å²) in [6, 6.07) is 5.26. The second kappa shape index (κ2) is 6.77. The highest BCUT2D eigenvalue weighted by molar-refractivity contribution is 7.89. The van der Waals surface area contributed by atoms with E-state index >= 15 is 0 Å². The van der Waals surface area contributed by atoms with Crippen molar-refractivity contribution in [3.05, 3.63) is 30.1 Å². The van der Waals surface area contributed by atoms with Gasteiger partial charge < -0.3 is 5.73 Å².